The lowest BCUT2D eigenvalue weighted by atomic mass is 9.85. The molecule has 4 nitrogen and oxygen atoms in total. The lowest BCUT2D eigenvalue weighted by Gasteiger charge is -2.24. The van der Waals surface area contributed by atoms with E-state index >= 15 is 0 Å². The molecule has 18 heavy (non-hydrogen) atoms. The second-order valence-corrected chi connectivity index (χ2v) is 5.92. The molecule has 2 unspecified atom stereocenters. The van der Waals surface area contributed by atoms with E-state index < -0.39 is 0 Å². The zero-order valence-electron chi connectivity index (χ0n) is 10.8. The van der Waals surface area contributed by atoms with Gasteiger partial charge in [0.15, 0.2) is 0 Å². The first-order valence-electron chi connectivity index (χ1n) is 7.26. The van der Waals surface area contributed by atoms with Crippen LogP contribution in [0.1, 0.15) is 44.9 Å². The minimum atomic E-state index is -0.179. The monoisotopic (exact) mass is 247 g/mol. The Kier molecular flexibility index (Phi) is 3.25. The van der Waals surface area contributed by atoms with Crippen LogP contribution in [0.3, 0.4) is 0 Å². The first-order valence-corrected chi connectivity index (χ1v) is 7.26. The number of likely N-dealkylation sites (tertiary alicyclic amines) is 1. The van der Waals surface area contributed by atoms with Gasteiger partial charge in [-0.15, -0.1) is 0 Å². The normalized spacial score (nSPS) is 39.4. The Morgan fingerprint density at radius 3 is 2.83 bits per heavy atom. The van der Waals surface area contributed by atoms with Crippen LogP contribution in [-0.2, 0) is 4.79 Å². The molecule has 0 spiro atoms. The largest absolute Gasteiger partial charge is 0.325 e. The third-order valence-corrected chi connectivity index (χ3v) is 4.85. The van der Waals surface area contributed by atoms with Gasteiger partial charge in [-0.25, -0.2) is 0 Å². The Morgan fingerprint density at radius 2 is 2.06 bits per heavy atom. The lowest BCUT2D eigenvalue weighted by Crippen LogP contribution is -2.47. The Hall–Kier alpha value is -1.08. The minimum absolute atomic E-state index is 0.0213. The summed E-state index contributed by atoms with van der Waals surface area (Å²) in [6.45, 7) is 0.768. The number of rotatable bonds is 1. The van der Waals surface area contributed by atoms with E-state index in [0.29, 0.717) is 12.0 Å². The third kappa shape index (κ3) is 2.01. The summed E-state index contributed by atoms with van der Waals surface area (Å²) in [5.74, 6) is 0.865. The van der Waals surface area contributed by atoms with Gasteiger partial charge in [0.05, 0.1) is 12.1 Å². The van der Waals surface area contributed by atoms with E-state index in [1.54, 1.807) is 4.90 Å². The Morgan fingerprint density at radius 1 is 1.22 bits per heavy atom. The molecule has 0 aromatic rings. The number of hydrogen-bond acceptors (Lipinski definition) is 3. The number of carbonyl (C=O) groups is 1. The lowest BCUT2D eigenvalue weighted by molar-refractivity contribution is -0.133. The van der Waals surface area contributed by atoms with Crippen molar-refractivity contribution >= 4 is 5.91 Å². The van der Waals surface area contributed by atoms with Crippen molar-refractivity contribution in [1.82, 2.24) is 10.2 Å². The first-order chi connectivity index (χ1) is 8.79. The van der Waals surface area contributed by atoms with Crippen molar-refractivity contribution < 1.29 is 4.79 Å². The molecule has 0 aromatic heterocycles. The number of nitrogens with one attached hydrogen (secondary N) is 1. The minimum Gasteiger partial charge on any atom is -0.325 e. The average Bonchev–Trinajstić information content (AvgIpc) is 3.03. The van der Waals surface area contributed by atoms with E-state index in [4.69, 9.17) is 5.26 Å². The van der Waals surface area contributed by atoms with E-state index in [9.17, 15) is 4.79 Å². The summed E-state index contributed by atoms with van der Waals surface area (Å²) in [6.07, 6.45) is 7.90. The Bertz CT molecular complexity index is 362. The van der Waals surface area contributed by atoms with Crippen molar-refractivity contribution in [2.45, 2.75) is 63.1 Å². The second-order valence-electron chi connectivity index (χ2n) is 5.92. The molecule has 3 fully saturated rings. The van der Waals surface area contributed by atoms with Crippen molar-refractivity contribution in [3.63, 3.8) is 0 Å². The smallest absolute Gasteiger partial charge is 0.240 e. The molecule has 1 aliphatic carbocycles. The quantitative estimate of drug-likeness (QED) is 0.762. The van der Waals surface area contributed by atoms with Crippen LogP contribution in [0.2, 0.25) is 0 Å². The average molecular weight is 247 g/mol. The molecule has 2 heterocycles. The molecule has 2 saturated heterocycles. The Balaban J connectivity index is 1.65. The molecule has 2 aliphatic heterocycles. The van der Waals surface area contributed by atoms with Gasteiger partial charge in [0.2, 0.25) is 5.91 Å². The molecule has 1 N–H and O–H groups in total. The molecule has 3 rings (SSSR count). The highest BCUT2D eigenvalue weighted by Crippen LogP contribution is 2.34. The maximum atomic E-state index is 12.5. The van der Waals surface area contributed by atoms with Crippen LogP contribution in [0.4, 0.5) is 0 Å². The molecule has 1 saturated carbocycles. The van der Waals surface area contributed by atoms with Crippen molar-refractivity contribution in [2.75, 3.05) is 6.54 Å². The fourth-order valence-electron chi connectivity index (χ4n) is 3.88. The van der Waals surface area contributed by atoms with Crippen LogP contribution < -0.4 is 5.32 Å². The highest BCUT2D eigenvalue weighted by atomic mass is 16.2. The van der Waals surface area contributed by atoms with Gasteiger partial charge in [0.25, 0.3) is 0 Å². The van der Waals surface area contributed by atoms with Gasteiger partial charge in [-0.2, -0.15) is 5.26 Å². The number of amides is 1. The van der Waals surface area contributed by atoms with E-state index in [0.717, 1.165) is 25.8 Å². The van der Waals surface area contributed by atoms with Crippen LogP contribution in [-0.4, -0.2) is 35.5 Å². The second kappa shape index (κ2) is 4.89. The van der Waals surface area contributed by atoms with Gasteiger partial charge in [0, 0.05) is 12.6 Å². The molecule has 4 atom stereocenters. The molecule has 0 aromatic carbocycles. The highest BCUT2D eigenvalue weighted by Gasteiger charge is 2.41. The van der Waals surface area contributed by atoms with Crippen LogP contribution >= 0.6 is 0 Å². The summed E-state index contributed by atoms with van der Waals surface area (Å²) >= 11 is 0. The van der Waals surface area contributed by atoms with Gasteiger partial charge < -0.3 is 10.2 Å². The zero-order valence-corrected chi connectivity index (χ0v) is 10.8. The van der Waals surface area contributed by atoms with Gasteiger partial charge >= 0.3 is 0 Å². The Labute approximate surface area is 108 Å². The number of hydrogen-bond donors (Lipinski definition) is 1. The topological polar surface area (TPSA) is 56.1 Å². The van der Waals surface area contributed by atoms with Crippen LogP contribution in [0.15, 0.2) is 0 Å². The summed E-state index contributed by atoms with van der Waals surface area (Å²) in [6, 6.07) is 2.61. The molecular weight excluding hydrogens is 226 g/mol. The molecule has 3 aliphatic rings. The van der Waals surface area contributed by atoms with E-state index in [1.807, 2.05) is 0 Å². The van der Waals surface area contributed by atoms with Crippen LogP contribution in [0.25, 0.3) is 0 Å². The first kappa shape index (κ1) is 12.0. The predicted molar refractivity (Wildman–Crippen MR) is 67.6 cm³/mol. The molecular formula is C14H21N3O. The number of nitrogens with zero attached hydrogens (tertiary/aromatic N) is 2. The predicted octanol–water partition coefficient (Wildman–Crippen LogP) is 1.42. The number of nitriles is 1. The number of carbonyl (C=O) groups excluding carboxylic acids is 1. The fourth-order valence-corrected chi connectivity index (χ4v) is 3.88. The molecule has 4 heteroatoms. The fraction of sp³-hybridized carbons (Fsp3) is 0.857. The van der Waals surface area contributed by atoms with Crippen molar-refractivity contribution in [3.8, 4) is 6.07 Å². The summed E-state index contributed by atoms with van der Waals surface area (Å²) < 4.78 is 0. The summed E-state index contributed by atoms with van der Waals surface area (Å²) in [5.41, 5.74) is 0. The third-order valence-electron chi connectivity index (χ3n) is 4.85. The molecule has 98 valence electrons. The van der Waals surface area contributed by atoms with Gasteiger partial charge in [-0.1, -0.05) is 12.8 Å². The SMILES string of the molecule is N#C[C@@H]1CCCN1C(=O)[C@@H]1CC2CCCCC2N1. The molecule has 1 amide bonds. The maximum Gasteiger partial charge on any atom is 0.240 e. The molecule has 0 radical (unpaired) electrons. The van der Waals surface area contributed by atoms with Gasteiger partial charge in [0.1, 0.15) is 6.04 Å². The van der Waals surface area contributed by atoms with Crippen molar-refractivity contribution in [2.24, 2.45) is 5.92 Å². The summed E-state index contributed by atoms with van der Waals surface area (Å²) in [7, 11) is 0. The van der Waals surface area contributed by atoms with E-state index in [-0.39, 0.29) is 18.0 Å². The van der Waals surface area contributed by atoms with E-state index in [2.05, 4.69) is 11.4 Å². The zero-order chi connectivity index (χ0) is 12.5. The van der Waals surface area contributed by atoms with Crippen LogP contribution in [0, 0.1) is 17.2 Å². The maximum absolute atomic E-state index is 12.5. The number of fused-ring (bicyclic) bond motifs is 1. The van der Waals surface area contributed by atoms with Gasteiger partial charge in [-0.05, 0) is 38.0 Å². The standard InChI is InChI=1S/C14H21N3O/c15-9-11-5-3-7-17(11)14(18)13-8-10-4-1-2-6-12(10)16-13/h10-13,16H,1-8H2/t10?,11-,12?,13-/m0/s1. The summed E-state index contributed by atoms with van der Waals surface area (Å²) in [5, 5.41) is 12.6. The van der Waals surface area contributed by atoms with Crippen molar-refractivity contribution in [3.05, 3.63) is 0 Å². The highest BCUT2D eigenvalue weighted by molar-refractivity contribution is 5.83. The van der Waals surface area contributed by atoms with Gasteiger partial charge in [-0.3, -0.25) is 4.79 Å². The van der Waals surface area contributed by atoms with Crippen molar-refractivity contribution in [1.29, 1.82) is 5.26 Å². The van der Waals surface area contributed by atoms with Crippen LogP contribution in [0.5, 0.6) is 0 Å². The summed E-state index contributed by atoms with van der Waals surface area (Å²) in [4.78, 5) is 14.3. The molecule has 0 bridgehead atoms. The van der Waals surface area contributed by atoms with E-state index in [1.165, 1.54) is 25.7 Å².